The predicted octanol–water partition coefficient (Wildman–Crippen LogP) is 13.4. The minimum atomic E-state index is -1.64. The number of rotatable bonds is 48. The first-order valence-electron chi connectivity index (χ1n) is 29.4. The number of carbonyl (C=O) groups excluding carboxylic acids is 2. The molecule has 1 saturated heterocycles. The van der Waals surface area contributed by atoms with Gasteiger partial charge in [0, 0.05) is 6.42 Å². The molecule has 8 unspecified atom stereocenters. The van der Waals surface area contributed by atoms with Gasteiger partial charge >= 0.3 is 5.97 Å². The molecule has 1 rings (SSSR count). The van der Waals surface area contributed by atoms with Crippen molar-refractivity contribution in [2.24, 2.45) is 0 Å². The Morgan fingerprint density at radius 2 is 1.00 bits per heavy atom. The molecule has 11 heteroatoms. The fourth-order valence-corrected chi connectivity index (χ4v) is 8.73. The van der Waals surface area contributed by atoms with Crippen LogP contribution in [0.4, 0.5) is 0 Å². The van der Waals surface area contributed by atoms with Gasteiger partial charge < -0.3 is 45.1 Å². The largest absolute Gasteiger partial charge is 0.454 e. The van der Waals surface area contributed by atoms with E-state index in [0.29, 0.717) is 19.3 Å². The van der Waals surface area contributed by atoms with Gasteiger partial charge in [0.15, 0.2) is 12.4 Å². The fourth-order valence-electron chi connectivity index (χ4n) is 8.73. The smallest absolute Gasteiger partial charge is 0.306 e. The summed E-state index contributed by atoms with van der Waals surface area (Å²) in [6.45, 7) is 5.58. The summed E-state index contributed by atoms with van der Waals surface area (Å²) in [5.74, 6) is -1.28. The Kier molecular flexibility index (Phi) is 46.2. The highest BCUT2D eigenvalue weighted by Crippen LogP contribution is 2.26. The number of esters is 1. The molecule has 73 heavy (non-hydrogen) atoms. The molecule has 0 aromatic carbocycles. The van der Waals surface area contributed by atoms with Gasteiger partial charge in [-0.05, 0) is 64.2 Å². The number of allylic oxidation sites excluding steroid dienone is 13. The van der Waals surface area contributed by atoms with Crippen molar-refractivity contribution in [2.75, 3.05) is 13.2 Å². The molecule has 0 aromatic rings. The molecule has 8 atom stereocenters. The molecule has 0 aromatic heterocycles. The van der Waals surface area contributed by atoms with Gasteiger partial charge in [0.25, 0.3) is 0 Å². The molecule has 1 heterocycles. The van der Waals surface area contributed by atoms with Crippen LogP contribution in [-0.4, -0.2) is 99.6 Å². The van der Waals surface area contributed by atoms with Gasteiger partial charge in [-0.25, -0.2) is 0 Å². The molecule has 0 radical (unpaired) electrons. The maximum absolute atomic E-state index is 13.4. The van der Waals surface area contributed by atoms with Crippen LogP contribution < -0.4 is 5.32 Å². The summed E-state index contributed by atoms with van der Waals surface area (Å²) < 4.78 is 17.5. The van der Waals surface area contributed by atoms with Gasteiger partial charge in [0.1, 0.15) is 24.4 Å². The Labute approximate surface area is 444 Å². The van der Waals surface area contributed by atoms with Gasteiger partial charge in [-0.2, -0.15) is 0 Å². The second-order valence-electron chi connectivity index (χ2n) is 20.1. The quantitative estimate of drug-likeness (QED) is 0.0149. The lowest BCUT2D eigenvalue weighted by Crippen LogP contribution is -2.61. The molecule has 0 saturated carbocycles. The lowest BCUT2D eigenvalue weighted by atomic mass is 9.99. The van der Waals surface area contributed by atoms with Crippen molar-refractivity contribution in [3.8, 4) is 0 Å². The fraction of sp³-hybridized carbons (Fsp3) is 0.742. The van der Waals surface area contributed by atoms with Crippen LogP contribution in [0.3, 0.4) is 0 Å². The van der Waals surface area contributed by atoms with Crippen LogP contribution in [0.2, 0.25) is 0 Å². The number of carbonyl (C=O) groups is 2. The monoisotopic (exact) mass is 1030 g/mol. The maximum atomic E-state index is 13.4. The number of aliphatic hydroxyl groups excluding tert-OH is 5. The first-order chi connectivity index (χ1) is 35.7. The van der Waals surface area contributed by atoms with Crippen LogP contribution in [0.15, 0.2) is 85.1 Å². The SMILES string of the molecule is CC/C=C/C=C/C=C\C=C/C=C/CCCC(=O)OC1C(OCC(NC(=O)C(O)CCCCCCCCCCCC/C=C/CCCCCCCC)C(O)/C=C/CCCCCCCCCCC)OC(CO)C(O)C1O. The summed E-state index contributed by atoms with van der Waals surface area (Å²) in [5, 5.41) is 56.8. The second-order valence-corrected chi connectivity index (χ2v) is 20.1. The summed E-state index contributed by atoms with van der Waals surface area (Å²) >= 11 is 0. The zero-order valence-corrected chi connectivity index (χ0v) is 46.2. The third-order valence-electron chi connectivity index (χ3n) is 13.4. The highest BCUT2D eigenvalue weighted by Gasteiger charge is 2.47. The zero-order valence-electron chi connectivity index (χ0n) is 46.2. The van der Waals surface area contributed by atoms with E-state index in [4.69, 9.17) is 14.2 Å². The molecule has 1 fully saturated rings. The van der Waals surface area contributed by atoms with Crippen LogP contribution in [-0.2, 0) is 23.8 Å². The van der Waals surface area contributed by atoms with Crippen molar-refractivity contribution in [3.05, 3.63) is 85.1 Å². The topological polar surface area (TPSA) is 175 Å². The van der Waals surface area contributed by atoms with Crippen molar-refractivity contribution in [1.29, 1.82) is 0 Å². The first-order valence-corrected chi connectivity index (χ1v) is 29.4. The molecule has 6 N–H and O–H groups in total. The van der Waals surface area contributed by atoms with Crippen molar-refractivity contribution < 1.29 is 49.3 Å². The molecule has 1 aliphatic rings. The Hall–Kier alpha value is -3.16. The molecule has 420 valence electrons. The van der Waals surface area contributed by atoms with Gasteiger partial charge in [0.2, 0.25) is 5.91 Å². The molecule has 1 aliphatic heterocycles. The summed E-state index contributed by atoms with van der Waals surface area (Å²) in [6, 6.07) is -1.04. The van der Waals surface area contributed by atoms with Gasteiger partial charge in [-0.3, -0.25) is 9.59 Å². The van der Waals surface area contributed by atoms with Crippen molar-refractivity contribution in [2.45, 2.75) is 282 Å². The summed E-state index contributed by atoms with van der Waals surface area (Å²) in [6.07, 6.45) is 53.6. The van der Waals surface area contributed by atoms with E-state index in [2.05, 4.69) is 44.3 Å². The van der Waals surface area contributed by atoms with Gasteiger partial charge in [-0.15, -0.1) is 0 Å². The molecule has 0 aliphatic carbocycles. The number of amides is 1. The molecule has 1 amide bonds. The zero-order chi connectivity index (χ0) is 53.3. The third kappa shape index (κ3) is 38.1. The lowest BCUT2D eigenvalue weighted by molar-refractivity contribution is -0.305. The van der Waals surface area contributed by atoms with Crippen LogP contribution in [0.1, 0.15) is 233 Å². The molecule has 0 bridgehead atoms. The molecular formula is C62H107NO10. The van der Waals surface area contributed by atoms with Gasteiger partial charge in [0.05, 0.1) is 25.4 Å². The van der Waals surface area contributed by atoms with Crippen molar-refractivity contribution in [3.63, 3.8) is 0 Å². The summed E-state index contributed by atoms with van der Waals surface area (Å²) in [4.78, 5) is 26.4. The second kappa shape index (κ2) is 49.7. The maximum Gasteiger partial charge on any atom is 0.306 e. The molecule has 11 nitrogen and oxygen atoms in total. The number of unbranched alkanes of at least 4 members (excludes halogenated alkanes) is 26. The van der Waals surface area contributed by atoms with Crippen LogP contribution in [0.5, 0.6) is 0 Å². The lowest BCUT2D eigenvalue weighted by Gasteiger charge is -2.41. The number of ether oxygens (including phenoxy) is 3. The van der Waals surface area contributed by atoms with E-state index in [1.54, 1.807) is 6.08 Å². The van der Waals surface area contributed by atoms with Crippen LogP contribution >= 0.6 is 0 Å². The predicted molar refractivity (Wildman–Crippen MR) is 301 cm³/mol. The Morgan fingerprint density at radius 1 is 0.548 bits per heavy atom. The van der Waals surface area contributed by atoms with E-state index in [1.165, 1.54) is 128 Å². The van der Waals surface area contributed by atoms with E-state index in [1.807, 2.05) is 60.8 Å². The van der Waals surface area contributed by atoms with Crippen molar-refractivity contribution >= 4 is 11.9 Å². The Morgan fingerprint density at radius 3 is 1.51 bits per heavy atom. The Bertz CT molecular complexity index is 1510. The normalized spacial score (nSPS) is 20.0. The number of aliphatic hydroxyl groups is 5. The number of hydrogen-bond acceptors (Lipinski definition) is 10. The minimum Gasteiger partial charge on any atom is -0.454 e. The van der Waals surface area contributed by atoms with Gasteiger partial charge in [-0.1, -0.05) is 247 Å². The van der Waals surface area contributed by atoms with Crippen LogP contribution in [0, 0.1) is 0 Å². The van der Waals surface area contributed by atoms with E-state index in [0.717, 1.165) is 51.4 Å². The minimum absolute atomic E-state index is 0.0242. The van der Waals surface area contributed by atoms with Crippen molar-refractivity contribution in [1.82, 2.24) is 5.32 Å². The highest BCUT2D eigenvalue weighted by atomic mass is 16.7. The van der Waals surface area contributed by atoms with E-state index in [9.17, 15) is 35.1 Å². The first kappa shape index (κ1) is 67.9. The average molecular weight is 1030 g/mol. The highest BCUT2D eigenvalue weighted by molar-refractivity contribution is 5.80. The van der Waals surface area contributed by atoms with E-state index < -0.39 is 67.4 Å². The summed E-state index contributed by atoms with van der Waals surface area (Å²) in [7, 11) is 0. The molecular weight excluding hydrogens is 919 g/mol. The summed E-state index contributed by atoms with van der Waals surface area (Å²) in [5.41, 5.74) is 0. The number of hydrogen-bond donors (Lipinski definition) is 6. The Balaban J connectivity index is 2.71. The number of nitrogens with one attached hydrogen (secondary N) is 1. The molecule has 0 spiro atoms. The van der Waals surface area contributed by atoms with E-state index >= 15 is 0 Å². The third-order valence-corrected chi connectivity index (χ3v) is 13.4. The standard InChI is InChI=1S/C62H107NO10/c1-4-7-10-13-16-19-22-24-25-26-27-28-29-30-32-34-37-40-43-46-49-55(66)61(70)63-53(54(65)48-45-42-39-36-33-21-18-15-12-9-6-3)52-71-62-60(59(69)58(68)56(51-64)72-62)73-57(67)50-47-44-41-38-35-31-23-20-17-14-11-8-5-2/h8,11,14,17,20,23-25,31,35,38,41,45,48,53-56,58-60,62,64-66,68-69H,4-7,9-10,12-13,15-16,18-19,21-22,26-30,32-34,36-37,39-40,42-44,46-47,49-52H2,1-3H3,(H,63,70)/b11-8+,17-14+,23-20-,25-24+,35-31-,41-38+,48-45+. The average Bonchev–Trinajstić information content (AvgIpc) is 3.39. The van der Waals surface area contributed by atoms with Crippen LogP contribution in [0.25, 0.3) is 0 Å². The van der Waals surface area contributed by atoms with E-state index in [-0.39, 0.29) is 19.4 Å².